The zero-order valence-electron chi connectivity index (χ0n) is 7.45. The average Bonchev–Trinajstić information content (AvgIpc) is 2.29. The predicted molar refractivity (Wildman–Crippen MR) is 43.3 cm³/mol. The molecule has 0 aromatic heterocycles. The monoisotopic (exact) mass is 175 g/mol. The van der Waals surface area contributed by atoms with Gasteiger partial charge in [0.05, 0.1) is 0 Å². The second kappa shape index (κ2) is 2.41. The summed E-state index contributed by atoms with van der Waals surface area (Å²) < 4.78 is 25.3. The quantitative estimate of drug-likeness (QED) is 0.590. The van der Waals surface area contributed by atoms with Gasteiger partial charge < -0.3 is 4.90 Å². The molecule has 3 heteroatoms. The summed E-state index contributed by atoms with van der Waals surface area (Å²) in [6.07, 6.45) is 1.25. The molecule has 2 fully saturated rings. The second-order valence-corrected chi connectivity index (χ2v) is 4.33. The second-order valence-electron chi connectivity index (χ2n) is 4.33. The molecule has 2 aliphatic rings. The molecule has 1 saturated carbocycles. The molecule has 12 heavy (non-hydrogen) atoms. The molecule has 0 atom stereocenters. The maximum absolute atomic E-state index is 12.6. The van der Waals surface area contributed by atoms with Crippen molar-refractivity contribution < 1.29 is 8.78 Å². The summed E-state index contributed by atoms with van der Waals surface area (Å²) in [5, 5.41) is 0. The van der Waals surface area contributed by atoms with Gasteiger partial charge in [0.25, 0.3) is 0 Å². The third-order valence-corrected chi connectivity index (χ3v) is 3.23. The van der Waals surface area contributed by atoms with Crippen LogP contribution in [0.1, 0.15) is 26.2 Å². The summed E-state index contributed by atoms with van der Waals surface area (Å²) in [6, 6.07) is 0. The lowest BCUT2D eigenvalue weighted by Gasteiger charge is -2.44. The smallest absolute Gasteiger partial charge is 0.249 e. The Morgan fingerprint density at radius 1 is 1.33 bits per heavy atom. The maximum Gasteiger partial charge on any atom is 0.249 e. The third-order valence-electron chi connectivity index (χ3n) is 3.23. The first kappa shape index (κ1) is 8.42. The molecule has 2 rings (SSSR count). The highest BCUT2D eigenvalue weighted by atomic mass is 19.3. The number of nitrogens with zero attached hydrogens (tertiary/aromatic N) is 1. The van der Waals surface area contributed by atoms with Crippen LogP contribution in [-0.4, -0.2) is 30.5 Å². The van der Waals surface area contributed by atoms with Crippen molar-refractivity contribution in [3.05, 3.63) is 0 Å². The highest BCUT2D eigenvalue weighted by Crippen LogP contribution is 2.56. The first-order valence-corrected chi connectivity index (χ1v) is 4.66. The lowest BCUT2D eigenvalue weighted by Crippen LogP contribution is -2.47. The van der Waals surface area contributed by atoms with Gasteiger partial charge in [-0.25, -0.2) is 8.78 Å². The van der Waals surface area contributed by atoms with Gasteiger partial charge >= 0.3 is 0 Å². The Morgan fingerprint density at radius 3 is 2.42 bits per heavy atom. The Labute approximate surface area is 71.7 Å². The number of hydrogen-bond acceptors (Lipinski definition) is 1. The summed E-state index contributed by atoms with van der Waals surface area (Å²) in [6.45, 7) is 5.02. The summed E-state index contributed by atoms with van der Waals surface area (Å²) in [7, 11) is 0. The van der Waals surface area contributed by atoms with Gasteiger partial charge in [0.15, 0.2) is 0 Å². The largest absolute Gasteiger partial charge is 0.303 e. The first-order valence-electron chi connectivity index (χ1n) is 4.66. The molecule has 0 amide bonds. The average molecular weight is 175 g/mol. The molecule has 1 aliphatic carbocycles. The maximum atomic E-state index is 12.6. The van der Waals surface area contributed by atoms with Crippen molar-refractivity contribution in [3.63, 3.8) is 0 Å². The van der Waals surface area contributed by atoms with Gasteiger partial charge in [-0.3, -0.25) is 0 Å². The van der Waals surface area contributed by atoms with E-state index in [1.807, 2.05) is 0 Å². The van der Waals surface area contributed by atoms with Crippen LogP contribution in [0.4, 0.5) is 8.78 Å². The zero-order chi connectivity index (χ0) is 8.82. The van der Waals surface area contributed by atoms with Crippen molar-refractivity contribution in [1.29, 1.82) is 0 Å². The van der Waals surface area contributed by atoms with Crippen molar-refractivity contribution in [2.75, 3.05) is 19.6 Å². The highest BCUT2D eigenvalue weighted by Gasteiger charge is 2.58. The van der Waals surface area contributed by atoms with E-state index in [2.05, 4.69) is 11.8 Å². The highest BCUT2D eigenvalue weighted by molar-refractivity contribution is 5.03. The van der Waals surface area contributed by atoms with Crippen molar-refractivity contribution >= 4 is 0 Å². The number of alkyl halides is 2. The van der Waals surface area contributed by atoms with E-state index in [4.69, 9.17) is 0 Å². The third kappa shape index (κ3) is 1.24. The fraction of sp³-hybridized carbons (Fsp3) is 1.00. The Balaban J connectivity index is 1.92. The number of likely N-dealkylation sites (tertiary alicyclic amines) is 1. The molecule has 0 N–H and O–H groups in total. The lowest BCUT2D eigenvalue weighted by atomic mass is 9.65. The topological polar surface area (TPSA) is 3.24 Å². The molecule has 0 unspecified atom stereocenters. The predicted octanol–water partition coefficient (Wildman–Crippen LogP) is 2.13. The van der Waals surface area contributed by atoms with Gasteiger partial charge in [0, 0.05) is 19.4 Å². The molecular formula is C9H15F2N. The van der Waals surface area contributed by atoms with Crippen LogP contribution in [0.15, 0.2) is 0 Å². The van der Waals surface area contributed by atoms with Gasteiger partial charge in [-0.2, -0.15) is 0 Å². The van der Waals surface area contributed by atoms with E-state index in [1.54, 1.807) is 0 Å². The van der Waals surface area contributed by atoms with Gasteiger partial charge in [-0.05, 0) is 24.9 Å². The van der Waals surface area contributed by atoms with Crippen LogP contribution in [0.25, 0.3) is 0 Å². The molecule has 1 saturated heterocycles. The fourth-order valence-electron chi connectivity index (χ4n) is 2.63. The molecular weight excluding hydrogens is 160 g/mol. The van der Waals surface area contributed by atoms with Gasteiger partial charge in [0.2, 0.25) is 5.92 Å². The molecule has 1 heterocycles. The van der Waals surface area contributed by atoms with E-state index in [0.29, 0.717) is 0 Å². The lowest BCUT2D eigenvalue weighted by molar-refractivity contribution is -0.155. The minimum Gasteiger partial charge on any atom is -0.303 e. The summed E-state index contributed by atoms with van der Waals surface area (Å²) in [5.74, 6) is -2.34. The summed E-state index contributed by atoms with van der Waals surface area (Å²) >= 11 is 0. The van der Waals surface area contributed by atoms with Crippen LogP contribution in [0.5, 0.6) is 0 Å². The van der Waals surface area contributed by atoms with Crippen molar-refractivity contribution in [2.45, 2.75) is 32.1 Å². The summed E-state index contributed by atoms with van der Waals surface area (Å²) in [5.41, 5.74) is -0.000486. The van der Waals surface area contributed by atoms with Crippen LogP contribution >= 0.6 is 0 Å². The van der Waals surface area contributed by atoms with E-state index < -0.39 is 5.92 Å². The van der Waals surface area contributed by atoms with E-state index in [0.717, 1.165) is 26.1 Å². The van der Waals surface area contributed by atoms with Gasteiger partial charge in [-0.1, -0.05) is 6.92 Å². The van der Waals surface area contributed by atoms with E-state index in [9.17, 15) is 8.78 Å². The molecule has 70 valence electrons. The van der Waals surface area contributed by atoms with Crippen LogP contribution < -0.4 is 0 Å². The number of hydrogen-bond donors (Lipinski definition) is 0. The van der Waals surface area contributed by atoms with Crippen LogP contribution in [-0.2, 0) is 0 Å². The fourth-order valence-corrected chi connectivity index (χ4v) is 2.63. The molecule has 0 radical (unpaired) electrons. The zero-order valence-corrected chi connectivity index (χ0v) is 7.45. The van der Waals surface area contributed by atoms with E-state index in [1.165, 1.54) is 0 Å². The standard InChI is InChI=1S/C9H15F2N/c1-2-12-4-3-8(7-12)5-9(10,11)6-8/h2-7H2,1H3. The van der Waals surface area contributed by atoms with Crippen molar-refractivity contribution in [3.8, 4) is 0 Å². The van der Waals surface area contributed by atoms with Gasteiger partial charge in [0.1, 0.15) is 0 Å². The number of rotatable bonds is 1. The minimum atomic E-state index is -2.34. The SMILES string of the molecule is CCN1CCC2(C1)CC(F)(F)C2. The molecule has 0 bridgehead atoms. The molecule has 0 aromatic rings. The minimum absolute atomic E-state index is 0.000486. The normalized spacial score (nSPS) is 32.2. The Kier molecular flexibility index (Phi) is 1.69. The van der Waals surface area contributed by atoms with Crippen LogP contribution in [0.3, 0.4) is 0 Å². The van der Waals surface area contributed by atoms with Crippen molar-refractivity contribution in [1.82, 2.24) is 4.90 Å². The first-order chi connectivity index (χ1) is 5.55. The molecule has 1 spiro atoms. The molecule has 1 aliphatic heterocycles. The Hall–Kier alpha value is -0.180. The molecule has 0 aromatic carbocycles. The van der Waals surface area contributed by atoms with Gasteiger partial charge in [-0.15, -0.1) is 0 Å². The Bertz CT molecular complexity index is 183. The molecule has 1 nitrogen and oxygen atoms in total. The Morgan fingerprint density at radius 2 is 2.00 bits per heavy atom. The van der Waals surface area contributed by atoms with E-state index >= 15 is 0 Å². The summed E-state index contributed by atoms with van der Waals surface area (Å²) in [4.78, 5) is 2.27. The van der Waals surface area contributed by atoms with Crippen LogP contribution in [0, 0.1) is 5.41 Å². The van der Waals surface area contributed by atoms with E-state index in [-0.39, 0.29) is 18.3 Å². The van der Waals surface area contributed by atoms with Crippen molar-refractivity contribution in [2.24, 2.45) is 5.41 Å². The number of halogens is 2. The van der Waals surface area contributed by atoms with Crippen LogP contribution in [0.2, 0.25) is 0 Å².